The number of carbonyl (C=O) groups excluding carboxylic acids is 2. The smallest absolute Gasteiger partial charge is 0.338 e. The van der Waals surface area contributed by atoms with Crippen LogP contribution in [0.5, 0.6) is 0 Å². The molecule has 2 aromatic rings. The second-order valence-corrected chi connectivity index (χ2v) is 10.0. The molecule has 0 radical (unpaired) electrons. The van der Waals surface area contributed by atoms with Gasteiger partial charge in [-0.05, 0) is 24.1 Å². The van der Waals surface area contributed by atoms with Crippen molar-refractivity contribution in [2.45, 2.75) is 17.1 Å². The van der Waals surface area contributed by atoms with Gasteiger partial charge in [-0.2, -0.15) is 4.31 Å². The first-order valence-corrected chi connectivity index (χ1v) is 11.7. The summed E-state index contributed by atoms with van der Waals surface area (Å²) < 4.78 is 31.7. The topological polar surface area (TPSA) is 84.0 Å². The summed E-state index contributed by atoms with van der Waals surface area (Å²) in [6.07, 6.45) is 0.867. The van der Waals surface area contributed by atoms with E-state index in [1.165, 1.54) is 22.9 Å². The molecule has 1 aliphatic heterocycles. The predicted octanol–water partition coefficient (Wildman–Crippen LogP) is 2.65. The van der Waals surface area contributed by atoms with Crippen LogP contribution < -0.4 is 0 Å². The van der Waals surface area contributed by atoms with Crippen molar-refractivity contribution in [2.24, 2.45) is 0 Å². The van der Waals surface area contributed by atoms with Crippen LogP contribution in [0.4, 0.5) is 0 Å². The van der Waals surface area contributed by atoms with Crippen molar-refractivity contribution >= 4 is 44.8 Å². The average Bonchev–Trinajstić information content (AvgIpc) is 3.23. The van der Waals surface area contributed by atoms with Gasteiger partial charge in [-0.1, -0.05) is 29.8 Å². The number of amides is 1. The number of methoxy groups -OCH3 is 1. The molecule has 29 heavy (non-hydrogen) atoms. The highest BCUT2D eigenvalue weighted by atomic mass is 35.5. The molecule has 7 nitrogen and oxygen atoms in total. The Bertz CT molecular complexity index is 998. The third-order valence-electron chi connectivity index (χ3n) is 4.75. The zero-order valence-corrected chi connectivity index (χ0v) is 18.2. The molecule has 2 heterocycles. The van der Waals surface area contributed by atoms with Crippen LogP contribution in [0.1, 0.15) is 22.3 Å². The molecule has 1 aromatic heterocycles. The van der Waals surface area contributed by atoms with Crippen molar-refractivity contribution in [2.75, 3.05) is 33.3 Å². The van der Waals surface area contributed by atoms with Gasteiger partial charge >= 0.3 is 5.97 Å². The molecule has 1 amide bonds. The highest BCUT2D eigenvalue weighted by Crippen LogP contribution is 2.25. The molecule has 0 aliphatic carbocycles. The van der Waals surface area contributed by atoms with Crippen LogP contribution in [0, 0.1) is 0 Å². The number of ether oxygens (including phenoxy) is 1. The van der Waals surface area contributed by atoms with Crippen molar-refractivity contribution in [3.05, 3.63) is 51.9 Å². The number of benzene rings is 1. The molecular weight excluding hydrogens is 436 g/mol. The standard InChI is InChI=1S/C19H21ClN2O5S2/c1-27-19(24)15-12-18(28-13-15)29(25,26)22-10-8-21(9-11-22)17(23)7-6-14-4-2-3-5-16(14)20/h2-5,12-13H,6-11H2,1H3. The largest absolute Gasteiger partial charge is 0.465 e. The van der Waals surface area contributed by atoms with Crippen LogP contribution in [-0.2, 0) is 26.0 Å². The van der Waals surface area contributed by atoms with E-state index >= 15 is 0 Å². The molecule has 1 aromatic carbocycles. The molecular formula is C19H21ClN2O5S2. The number of carbonyl (C=O) groups is 2. The van der Waals surface area contributed by atoms with E-state index in [1.54, 1.807) is 11.0 Å². The molecule has 0 N–H and O–H groups in total. The number of hydrogen-bond donors (Lipinski definition) is 0. The lowest BCUT2D eigenvalue weighted by Gasteiger charge is -2.33. The summed E-state index contributed by atoms with van der Waals surface area (Å²) in [5.41, 5.74) is 1.13. The SMILES string of the molecule is COC(=O)c1csc(S(=O)(=O)N2CCN(C(=O)CCc3ccccc3Cl)CC2)c1. The van der Waals surface area contributed by atoms with Crippen LogP contribution in [-0.4, -0.2) is 62.8 Å². The van der Waals surface area contributed by atoms with E-state index in [0.717, 1.165) is 16.9 Å². The van der Waals surface area contributed by atoms with Gasteiger partial charge in [0.05, 0.1) is 12.7 Å². The van der Waals surface area contributed by atoms with Crippen molar-refractivity contribution in [1.29, 1.82) is 0 Å². The van der Waals surface area contributed by atoms with E-state index in [4.69, 9.17) is 11.6 Å². The zero-order chi connectivity index (χ0) is 21.0. The number of nitrogens with zero attached hydrogens (tertiary/aromatic N) is 2. The molecule has 3 rings (SSSR count). The fourth-order valence-corrected chi connectivity index (χ4v) is 6.04. The molecule has 0 bridgehead atoms. The van der Waals surface area contributed by atoms with Crippen LogP contribution in [0.25, 0.3) is 0 Å². The number of halogens is 1. The number of aryl methyl sites for hydroxylation is 1. The van der Waals surface area contributed by atoms with Gasteiger partial charge in [0.15, 0.2) is 0 Å². The molecule has 0 saturated carbocycles. The Labute approximate surface area is 178 Å². The molecule has 1 saturated heterocycles. The monoisotopic (exact) mass is 456 g/mol. The Balaban J connectivity index is 1.56. The van der Waals surface area contributed by atoms with Gasteiger partial charge in [-0.15, -0.1) is 11.3 Å². The van der Waals surface area contributed by atoms with Crippen LogP contribution in [0.15, 0.2) is 39.9 Å². The molecule has 1 fully saturated rings. The van der Waals surface area contributed by atoms with Crippen LogP contribution in [0.3, 0.4) is 0 Å². The Morgan fingerprint density at radius 2 is 1.86 bits per heavy atom. The minimum absolute atomic E-state index is 0.0222. The van der Waals surface area contributed by atoms with Crippen LogP contribution >= 0.6 is 22.9 Å². The maximum Gasteiger partial charge on any atom is 0.338 e. The number of rotatable bonds is 6. The predicted molar refractivity (Wildman–Crippen MR) is 111 cm³/mol. The minimum Gasteiger partial charge on any atom is -0.465 e. The van der Waals surface area contributed by atoms with Gasteiger partial charge in [0.2, 0.25) is 5.91 Å². The van der Waals surface area contributed by atoms with E-state index in [-0.39, 0.29) is 28.8 Å². The highest BCUT2D eigenvalue weighted by molar-refractivity contribution is 7.91. The minimum atomic E-state index is -3.70. The first kappa shape index (κ1) is 21.8. The summed E-state index contributed by atoms with van der Waals surface area (Å²) in [5, 5.41) is 2.10. The van der Waals surface area contributed by atoms with Crippen LogP contribution in [0.2, 0.25) is 5.02 Å². The summed E-state index contributed by atoms with van der Waals surface area (Å²) in [6, 6.07) is 8.73. The number of sulfonamides is 1. The van der Waals surface area contributed by atoms with Gasteiger partial charge in [0.1, 0.15) is 4.21 Å². The van der Waals surface area contributed by atoms with Crippen molar-refractivity contribution in [3.63, 3.8) is 0 Å². The molecule has 0 atom stereocenters. The molecule has 1 aliphatic rings. The van der Waals surface area contributed by atoms with E-state index in [2.05, 4.69) is 4.74 Å². The fraction of sp³-hybridized carbons (Fsp3) is 0.368. The van der Waals surface area contributed by atoms with Gasteiger partial charge in [-0.25, -0.2) is 13.2 Å². The lowest BCUT2D eigenvalue weighted by Crippen LogP contribution is -2.50. The number of piperazine rings is 1. The lowest BCUT2D eigenvalue weighted by atomic mass is 10.1. The van der Waals surface area contributed by atoms with Gasteiger partial charge in [0, 0.05) is 43.0 Å². The Hall–Kier alpha value is -1.94. The number of esters is 1. The maximum atomic E-state index is 12.8. The summed E-state index contributed by atoms with van der Waals surface area (Å²) in [6.45, 7) is 1.09. The Morgan fingerprint density at radius 3 is 2.52 bits per heavy atom. The highest BCUT2D eigenvalue weighted by Gasteiger charge is 2.31. The molecule has 0 spiro atoms. The summed E-state index contributed by atoms with van der Waals surface area (Å²) in [4.78, 5) is 25.7. The fourth-order valence-electron chi connectivity index (χ4n) is 3.08. The summed E-state index contributed by atoms with van der Waals surface area (Å²) in [7, 11) is -2.46. The first-order valence-electron chi connectivity index (χ1n) is 9.01. The third kappa shape index (κ3) is 4.98. The maximum absolute atomic E-state index is 12.8. The number of hydrogen-bond acceptors (Lipinski definition) is 6. The van der Waals surface area contributed by atoms with Crippen molar-refractivity contribution < 1.29 is 22.7 Å². The number of thiophene rings is 1. The normalized spacial score (nSPS) is 15.3. The van der Waals surface area contributed by atoms with E-state index in [0.29, 0.717) is 31.0 Å². The summed E-state index contributed by atoms with van der Waals surface area (Å²) >= 11 is 7.11. The Kier molecular flexibility index (Phi) is 6.94. The van der Waals surface area contributed by atoms with Crippen molar-refractivity contribution in [1.82, 2.24) is 9.21 Å². The molecule has 156 valence electrons. The van der Waals surface area contributed by atoms with E-state index in [9.17, 15) is 18.0 Å². The second kappa shape index (κ2) is 9.25. The lowest BCUT2D eigenvalue weighted by molar-refractivity contribution is -0.132. The Morgan fingerprint density at radius 1 is 1.17 bits per heavy atom. The van der Waals surface area contributed by atoms with Gasteiger partial charge < -0.3 is 9.64 Å². The second-order valence-electron chi connectivity index (χ2n) is 6.52. The quantitative estimate of drug-likeness (QED) is 0.624. The molecule has 10 heteroatoms. The van der Waals surface area contributed by atoms with Gasteiger partial charge in [-0.3, -0.25) is 4.79 Å². The average molecular weight is 457 g/mol. The van der Waals surface area contributed by atoms with Gasteiger partial charge in [0.25, 0.3) is 10.0 Å². The zero-order valence-electron chi connectivity index (χ0n) is 15.8. The third-order valence-corrected chi connectivity index (χ3v) is 8.43. The van der Waals surface area contributed by atoms with E-state index < -0.39 is 16.0 Å². The first-order chi connectivity index (χ1) is 13.8. The van der Waals surface area contributed by atoms with E-state index in [1.807, 2.05) is 18.2 Å². The summed E-state index contributed by atoms with van der Waals surface area (Å²) in [5.74, 6) is -0.595. The van der Waals surface area contributed by atoms with Crippen molar-refractivity contribution in [3.8, 4) is 0 Å². The molecule has 0 unspecified atom stereocenters.